The van der Waals surface area contributed by atoms with Crippen LogP contribution in [0.25, 0.3) is 10.9 Å². The van der Waals surface area contributed by atoms with Crippen molar-refractivity contribution >= 4 is 61.3 Å². The van der Waals surface area contributed by atoms with Gasteiger partial charge in [0.1, 0.15) is 29.6 Å². The van der Waals surface area contributed by atoms with Gasteiger partial charge < -0.3 is 35.6 Å². The van der Waals surface area contributed by atoms with Crippen molar-refractivity contribution in [2.24, 2.45) is 18.1 Å². The number of carboxylic acids is 1. The topological polar surface area (TPSA) is 244 Å². The Bertz CT molecular complexity index is 1820. The summed E-state index contributed by atoms with van der Waals surface area (Å²) < 4.78 is 47.1. The number of nitrogens with two attached hydrogens (primary N) is 1. The van der Waals surface area contributed by atoms with Crippen LogP contribution in [0.2, 0.25) is 0 Å². The van der Waals surface area contributed by atoms with E-state index in [1.54, 1.807) is 12.1 Å². The molecule has 2 atom stereocenters. The zero-order chi connectivity index (χ0) is 34.1. The molecule has 2 fully saturated rings. The molecule has 3 aromatic rings. The first kappa shape index (κ1) is 34.0. The number of oxime groups is 1. The number of aliphatic carboxylic acids is 1. The lowest BCUT2D eigenvalue weighted by Gasteiger charge is -2.51. The number of β-lactam (4-membered cyclic amide) rings is 1. The van der Waals surface area contributed by atoms with Crippen LogP contribution < -0.4 is 25.8 Å². The molecule has 18 nitrogen and oxygen atoms in total. The summed E-state index contributed by atoms with van der Waals surface area (Å²) in [6.07, 6.45) is 2.54. The second-order valence-corrected chi connectivity index (χ2v) is 13.5. The number of nitrogens with zero attached hydrogens (tertiary/aromatic N) is 5. The lowest BCUT2D eigenvalue weighted by atomic mass is 9.84. The van der Waals surface area contributed by atoms with Crippen molar-refractivity contribution in [3.05, 3.63) is 35.5 Å². The molecule has 2 aromatic heterocycles. The number of nitrogens with one attached hydrogen (secondary N) is 2. The van der Waals surface area contributed by atoms with E-state index < -0.39 is 58.2 Å². The van der Waals surface area contributed by atoms with E-state index in [-0.39, 0.29) is 10.8 Å². The summed E-state index contributed by atoms with van der Waals surface area (Å²) in [5.74, 6) is -2.53. The Labute approximate surface area is 272 Å². The molecule has 2 saturated heterocycles. The Hall–Kier alpha value is -4.37. The number of hydrogen-bond acceptors (Lipinski definition) is 14. The lowest BCUT2D eigenvalue weighted by Crippen LogP contribution is -2.76. The van der Waals surface area contributed by atoms with E-state index in [2.05, 4.69) is 34.4 Å². The fraction of sp³-hybridized carbons (Fsp3) is 0.481. The van der Waals surface area contributed by atoms with Gasteiger partial charge in [0.05, 0.1) is 18.0 Å². The van der Waals surface area contributed by atoms with Crippen molar-refractivity contribution in [2.75, 3.05) is 25.4 Å². The molecule has 20 heteroatoms. The second-order valence-electron chi connectivity index (χ2n) is 11.6. The van der Waals surface area contributed by atoms with Gasteiger partial charge in [0.2, 0.25) is 16.6 Å². The van der Waals surface area contributed by atoms with Crippen LogP contribution in [0.1, 0.15) is 32.4 Å². The standard InChI is InChI=1S/C27H34N8O10S2/c1-27(2)22(24(37)35(27)45-47(40,41)42)31-23(36)21(18-14-46-26(28)30-18)32-44-20(25(38)39)13-43-17-4-5-19-16(10-17)12-34(33(19)3)11-15-6-8-29-9-7-15/h4-5,10,12,14-15,20,22,29H,6-9,11,13H2,1-3H3,(H4-,28,30,31,36,38,39,40,41,42)/b32-21-/t20-,22+/m0/s1. The van der Waals surface area contributed by atoms with Gasteiger partial charge >= 0.3 is 5.97 Å². The van der Waals surface area contributed by atoms with Gasteiger partial charge in [-0.15, -0.1) is 16.0 Å². The number of carbonyl (C=O) groups is 3. The summed E-state index contributed by atoms with van der Waals surface area (Å²) in [7, 11) is -3.29. The Balaban J connectivity index is 1.28. The summed E-state index contributed by atoms with van der Waals surface area (Å²) >= 11 is 0.963. The quantitative estimate of drug-likeness (QED) is 0.0431. The number of aromatic nitrogens is 3. The average molecular weight is 695 g/mol. The number of fused-ring (bicyclic) bond motifs is 1. The SMILES string of the molecule is Cn1c2ccc(OC[C@H](O/N=C(\C(=O)N[C@@H]3C(=O)N(OS(=O)(=O)[O-])C3(C)C)c3csc(N)n3)C(=O)O)cc2c[n+]1CC1CCNCC1. The summed E-state index contributed by atoms with van der Waals surface area (Å²) in [5, 5.41) is 21.9. The molecule has 0 spiro atoms. The van der Waals surface area contributed by atoms with Crippen LogP contribution >= 0.6 is 11.3 Å². The van der Waals surface area contributed by atoms with Crippen LogP contribution in [0.3, 0.4) is 0 Å². The predicted molar refractivity (Wildman–Crippen MR) is 163 cm³/mol. The van der Waals surface area contributed by atoms with Gasteiger partial charge in [-0.3, -0.25) is 9.59 Å². The highest BCUT2D eigenvalue weighted by Gasteiger charge is 2.57. The van der Waals surface area contributed by atoms with Crippen molar-refractivity contribution in [2.45, 2.75) is 50.9 Å². The van der Waals surface area contributed by atoms with E-state index in [1.807, 2.05) is 19.3 Å². The van der Waals surface area contributed by atoms with E-state index in [1.165, 1.54) is 19.2 Å². The van der Waals surface area contributed by atoms with Gasteiger partial charge in [0.25, 0.3) is 17.9 Å². The number of ether oxygens (including phenoxy) is 1. The third-order valence-electron chi connectivity index (χ3n) is 7.97. The molecule has 5 N–H and O–H groups in total. The molecule has 0 aliphatic carbocycles. The Morgan fingerprint density at radius 2 is 2.06 bits per heavy atom. The maximum Gasteiger partial charge on any atom is 0.351 e. The maximum atomic E-state index is 13.2. The number of carbonyl (C=O) groups excluding carboxylic acids is 2. The summed E-state index contributed by atoms with van der Waals surface area (Å²) in [5.41, 5.74) is 4.62. The smallest absolute Gasteiger partial charge is 0.351 e. The van der Waals surface area contributed by atoms with Gasteiger partial charge in [-0.25, -0.2) is 18.2 Å². The van der Waals surface area contributed by atoms with Gasteiger partial charge in [0.15, 0.2) is 17.4 Å². The van der Waals surface area contributed by atoms with Crippen molar-refractivity contribution < 1.29 is 51.0 Å². The molecule has 1 aromatic carbocycles. The van der Waals surface area contributed by atoms with Crippen molar-refractivity contribution in [1.82, 2.24) is 25.4 Å². The Morgan fingerprint density at radius 3 is 2.68 bits per heavy atom. The number of piperidine rings is 1. The van der Waals surface area contributed by atoms with Crippen LogP contribution in [-0.4, -0.2) is 93.7 Å². The summed E-state index contributed by atoms with van der Waals surface area (Å²) in [6, 6.07) is 4.02. The first-order valence-corrected chi connectivity index (χ1v) is 16.7. The predicted octanol–water partition coefficient (Wildman–Crippen LogP) is -0.746. The molecule has 0 bridgehead atoms. The summed E-state index contributed by atoms with van der Waals surface area (Å²) in [6.45, 7) is 5.08. The highest BCUT2D eigenvalue weighted by molar-refractivity contribution is 7.80. The molecule has 0 radical (unpaired) electrons. The number of thiazole rings is 1. The monoisotopic (exact) mass is 694 g/mol. The maximum absolute atomic E-state index is 13.2. The number of hydrogen-bond donors (Lipinski definition) is 4. The number of rotatable bonds is 13. The number of carboxylic acid groups (broad SMARTS) is 1. The number of benzene rings is 1. The molecule has 0 saturated carbocycles. The highest BCUT2D eigenvalue weighted by atomic mass is 32.3. The normalized spacial score (nSPS) is 19.3. The van der Waals surface area contributed by atoms with Crippen LogP contribution in [0, 0.1) is 5.92 Å². The van der Waals surface area contributed by atoms with E-state index in [4.69, 9.17) is 15.3 Å². The van der Waals surface area contributed by atoms with Crippen LogP contribution in [0.5, 0.6) is 5.75 Å². The van der Waals surface area contributed by atoms with E-state index in [0.717, 1.165) is 54.7 Å². The van der Waals surface area contributed by atoms with Crippen molar-refractivity contribution in [3.63, 3.8) is 0 Å². The first-order valence-electron chi connectivity index (χ1n) is 14.4. The fourth-order valence-electron chi connectivity index (χ4n) is 5.36. The third kappa shape index (κ3) is 7.62. The molecular formula is C27H34N8O10S2. The molecular weight excluding hydrogens is 660 g/mol. The second kappa shape index (κ2) is 13.4. The van der Waals surface area contributed by atoms with Crippen LogP contribution in [0.15, 0.2) is 34.9 Å². The number of nitrogen functional groups attached to an aromatic ring is 1. The minimum atomic E-state index is -5.26. The minimum Gasteiger partial charge on any atom is -0.724 e. The van der Waals surface area contributed by atoms with Gasteiger partial charge in [-0.05, 0) is 58.0 Å². The zero-order valence-corrected chi connectivity index (χ0v) is 27.2. The average Bonchev–Trinajstić information content (AvgIpc) is 3.57. The first-order chi connectivity index (χ1) is 22.1. The largest absolute Gasteiger partial charge is 0.724 e. The van der Waals surface area contributed by atoms with Crippen LogP contribution in [0.4, 0.5) is 5.13 Å². The Morgan fingerprint density at radius 1 is 1.34 bits per heavy atom. The van der Waals surface area contributed by atoms with E-state index >= 15 is 0 Å². The molecule has 0 unspecified atom stereocenters. The van der Waals surface area contributed by atoms with Gasteiger partial charge in [-0.1, -0.05) is 5.16 Å². The highest BCUT2D eigenvalue weighted by Crippen LogP contribution is 2.33. The molecule has 2 amide bonds. The van der Waals surface area contributed by atoms with Crippen LogP contribution in [-0.2, 0) is 47.5 Å². The molecule has 2 aliphatic rings. The van der Waals surface area contributed by atoms with Crippen molar-refractivity contribution in [3.8, 4) is 5.75 Å². The number of aryl methyl sites for hydroxylation is 1. The van der Waals surface area contributed by atoms with Gasteiger partial charge in [-0.2, -0.15) is 14.0 Å². The number of hydroxylamine groups is 2. The third-order valence-corrected chi connectivity index (χ3v) is 8.98. The zero-order valence-electron chi connectivity index (χ0n) is 25.6. The van der Waals surface area contributed by atoms with Crippen molar-refractivity contribution in [1.29, 1.82) is 0 Å². The van der Waals surface area contributed by atoms with E-state index in [9.17, 15) is 32.5 Å². The lowest BCUT2D eigenvalue weighted by molar-refractivity contribution is -0.776. The molecule has 4 heterocycles. The number of amides is 2. The molecule has 47 heavy (non-hydrogen) atoms. The minimum absolute atomic E-state index is 0.0623. The number of anilines is 1. The summed E-state index contributed by atoms with van der Waals surface area (Å²) in [4.78, 5) is 47.0. The van der Waals surface area contributed by atoms with E-state index in [0.29, 0.717) is 16.7 Å². The fourth-order valence-corrected chi connectivity index (χ4v) is 6.36. The molecule has 254 valence electrons. The molecule has 2 aliphatic heterocycles. The van der Waals surface area contributed by atoms with Gasteiger partial charge in [0, 0.05) is 11.3 Å². The Kier molecular flexibility index (Phi) is 9.68. The molecule has 5 rings (SSSR count).